The third-order valence-electron chi connectivity index (χ3n) is 3.30. The second-order valence-electron chi connectivity index (χ2n) is 4.59. The molecule has 0 amide bonds. The standard InChI is InChI=1S/C18H20/c1-2-3-6-15-18(16-11-7-4-8-12-16)17-13-9-5-10-14-17/h2,4-5,7-14,18H,1,3,6,15H2. The first kappa shape index (κ1) is 12.6. The molecule has 0 aliphatic rings. The van der Waals surface area contributed by atoms with Crippen molar-refractivity contribution >= 4 is 0 Å². The minimum Gasteiger partial charge on any atom is -0.103 e. The van der Waals surface area contributed by atoms with Crippen molar-refractivity contribution in [3.05, 3.63) is 84.4 Å². The van der Waals surface area contributed by atoms with Crippen LogP contribution < -0.4 is 0 Å². The summed E-state index contributed by atoms with van der Waals surface area (Å²) in [5.41, 5.74) is 2.82. The van der Waals surface area contributed by atoms with Gasteiger partial charge in [-0.3, -0.25) is 0 Å². The first-order chi connectivity index (χ1) is 8.92. The summed E-state index contributed by atoms with van der Waals surface area (Å²) < 4.78 is 0. The molecule has 0 heteroatoms. The summed E-state index contributed by atoms with van der Waals surface area (Å²) in [6, 6.07) is 21.6. The van der Waals surface area contributed by atoms with Crippen molar-refractivity contribution < 1.29 is 0 Å². The molecular weight excluding hydrogens is 216 g/mol. The van der Waals surface area contributed by atoms with E-state index in [2.05, 4.69) is 67.2 Å². The molecule has 0 spiro atoms. The molecule has 2 aromatic rings. The summed E-state index contributed by atoms with van der Waals surface area (Å²) in [6.07, 6.45) is 5.47. The van der Waals surface area contributed by atoms with E-state index < -0.39 is 0 Å². The fourth-order valence-electron chi connectivity index (χ4n) is 2.36. The fourth-order valence-corrected chi connectivity index (χ4v) is 2.36. The number of allylic oxidation sites excluding steroid dienone is 1. The molecule has 0 saturated heterocycles. The van der Waals surface area contributed by atoms with Crippen LogP contribution in [0.4, 0.5) is 0 Å². The zero-order valence-electron chi connectivity index (χ0n) is 10.8. The van der Waals surface area contributed by atoms with Crippen LogP contribution >= 0.6 is 0 Å². The predicted octanol–water partition coefficient (Wildman–Crippen LogP) is 5.17. The van der Waals surface area contributed by atoms with E-state index in [1.165, 1.54) is 24.0 Å². The summed E-state index contributed by atoms with van der Waals surface area (Å²) in [5, 5.41) is 0. The number of rotatable bonds is 6. The number of hydrogen-bond acceptors (Lipinski definition) is 0. The number of hydrogen-bond donors (Lipinski definition) is 0. The van der Waals surface area contributed by atoms with Crippen molar-refractivity contribution in [3.63, 3.8) is 0 Å². The average Bonchev–Trinajstić information content (AvgIpc) is 2.46. The van der Waals surface area contributed by atoms with Gasteiger partial charge in [0.2, 0.25) is 0 Å². The molecule has 0 radical (unpaired) electrons. The first-order valence-electron chi connectivity index (χ1n) is 6.62. The maximum Gasteiger partial charge on any atom is 0.00894 e. The van der Waals surface area contributed by atoms with Crippen molar-refractivity contribution in [1.29, 1.82) is 0 Å². The molecule has 0 fully saturated rings. The van der Waals surface area contributed by atoms with E-state index in [-0.39, 0.29) is 0 Å². The van der Waals surface area contributed by atoms with Gasteiger partial charge in [-0.1, -0.05) is 66.7 Å². The van der Waals surface area contributed by atoms with E-state index in [0.29, 0.717) is 5.92 Å². The molecule has 0 aliphatic carbocycles. The van der Waals surface area contributed by atoms with Gasteiger partial charge in [0, 0.05) is 5.92 Å². The van der Waals surface area contributed by atoms with Gasteiger partial charge in [0.05, 0.1) is 0 Å². The highest BCUT2D eigenvalue weighted by molar-refractivity contribution is 5.32. The molecule has 2 aromatic carbocycles. The lowest BCUT2D eigenvalue weighted by Gasteiger charge is -2.17. The Morgan fingerprint density at radius 3 is 1.78 bits per heavy atom. The largest absolute Gasteiger partial charge is 0.103 e. The van der Waals surface area contributed by atoms with E-state index in [1.807, 2.05) is 6.08 Å². The average molecular weight is 236 g/mol. The summed E-state index contributed by atoms with van der Waals surface area (Å²) in [7, 11) is 0. The zero-order chi connectivity index (χ0) is 12.6. The summed E-state index contributed by atoms with van der Waals surface area (Å²) in [5.74, 6) is 0.507. The maximum absolute atomic E-state index is 3.80. The summed E-state index contributed by atoms with van der Waals surface area (Å²) in [6.45, 7) is 3.80. The quantitative estimate of drug-likeness (QED) is 0.479. The maximum atomic E-state index is 3.80. The highest BCUT2D eigenvalue weighted by atomic mass is 14.2. The van der Waals surface area contributed by atoms with E-state index in [1.54, 1.807) is 0 Å². The molecule has 0 saturated carbocycles. The smallest absolute Gasteiger partial charge is 0.00894 e. The molecule has 0 unspecified atom stereocenters. The number of unbranched alkanes of at least 4 members (excludes halogenated alkanes) is 1. The third-order valence-corrected chi connectivity index (χ3v) is 3.30. The molecule has 0 heterocycles. The van der Waals surface area contributed by atoms with Gasteiger partial charge in [-0.25, -0.2) is 0 Å². The van der Waals surface area contributed by atoms with Gasteiger partial charge in [-0.05, 0) is 30.4 Å². The van der Waals surface area contributed by atoms with Crippen LogP contribution in [0.5, 0.6) is 0 Å². The first-order valence-corrected chi connectivity index (χ1v) is 6.62. The van der Waals surface area contributed by atoms with Crippen LogP contribution in [-0.2, 0) is 0 Å². The lowest BCUT2D eigenvalue weighted by Crippen LogP contribution is -2.00. The van der Waals surface area contributed by atoms with Gasteiger partial charge in [-0.2, -0.15) is 0 Å². The Kier molecular flexibility index (Phi) is 4.78. The minimum atomic E-state index is 0.507. The normalized spacial score (nSPS) is 10.5. The molecule has 0 nitrogen and oxygen atoms in total. The van der Waals surface area contributed by atoms with Crippen LogP contribution in [0.25, 0.3) is 0 Å². The lowest BCUT2D eigenvalue weighted by molar-refractivity contribution is 0.669. The Balaban J connectivity index is 2.21. The monoisotopic (exact) mass is 236 g/mol. The summed E-state index contributed by atoms with van der Waals surface area (Å²) in [4.78, 5) is 0. The SMILES string of the molecule is C=CCCCC(c1ccccc1)c1ccccc1. The van der Waals surface area contributed by atoms with Crippen molar-refractivity contribution in [1.82, 2.24) is 0 Å². The van der Waals surface area contributed by atoms with Crippen molar-refractivity contribution in [2.24, 2.45) is 0 Å². The van der Waals surface area contributed by atoms with Gasteiger partial charge in [0.15, 0.2) is 0 Å². The van der Waals surface area contributed by atoms with E-state index in [0.717, 1.165) is 6.42 Å². The predicted molar refractivity (Wildman–Crippen MR) is 78.8 cm³/mol. The molecule has 0 N–H and O–H groups in total. The molecule has 0 aromatic heterocycles. The number of benzene rings is 2. The Labute approximate surface area is 110 Å². The third kappa shape index (κ3) is 3.33. The van der Waals surface area contributed by atoms with Crippen LogP contribution in [-0.4, -0.2) is 0 Å². The van der Waals surface area contributed by atoms with E-state index in [9.17, 15) is 0 Å². The fraction of sp³-hybridized carbons (Fsp3) is 0.222. The van der Waals surface area contributed by atoms with Crippen molar-refractivity contribution in [2.75, 3.05) is 0 Å². The summed E-state index contributed by atoms with van der Waals surface area (Å²) >= 11 is 0. The Morgan fingerprint density at radius 1 is 0.833 bits per heavy atom. The van der Waals surface area contributed by atoms with Crippen LogP contribution in [0.3, 0.4) is 0 Å². The zero-order valence-corrected chi connectivity index (χ0v) is 10.8. The molecule has 0 atom stereocenters. The second kappa shape index (κ2) is 6.80. The van der Waals surface area contributed by atoms with Crippen LogP contribution in [0.15, 0.2) is 73.3 Å². The second-order valence-corrected chi connectivity index (χ2v) is 4.59. The van der Waals surface area contributed by atoms with Crippen molar-refractivity contribution in [3.8, 4) is 0 Å². The molecular formula is C18H20. The molecule has 2 rings (SSSR count). The highest BCUT2D eigenvalue weighted by Gasteiger charge is 2.12. The van der Waals surface area contributed by atoms with Gasteiger partial charge < -0.3 is 0 Å². The Morgan fingerprint density at radius 2 is 1.33 bits per heavy atom. The Hall–Kier alpha value is -1.82. The molecule has 18 heavy (non-hydrogen) atoms. The van der Waals surface area contributed by atoms with E-state index in [4.69, 9.17) is 0 Å². The van der Waals surface area contributed by atoms with Crippen molar-refractivity contribution in [2.45, 2.75) is 25.2 Å². The Bertz CT molecular complexity index is 416. The highest BCUT2D eigenvalue weighted by Crippen LogP contribution is 2.29. The lowest BCUT2D eigenvalue weighted by atomic mass is 9.87. The van der Waals surface area contributed by atoms with Gasteiger partial charge in [0.25, 0.3) is 0 Å². The van der Waals surface area contributed by atoms with Crippen LogP contribution in [0, 0.1) is 0 Å². The van der Waals surface area contributed by atoms with Crippen LogP contribution in [0.2, 0.25) is 0 Å². The molecule has 0 aliphatic heterocycles. The topological polar surface area (TPSA) is 0 Å². The van der Waals surface area contributed by atoms with Crippen LogP contribution in [0.1, 0.15) is 36.3 Å². The minimum absolute atomic E-state index is 0.507. The van der Waals surface area contributed by atoms with Gasteiger partial charge in [0.1, 0.15) is 0 Å². The van der Waals surface area contributed by atoms with Gasteiger partial charge >= 0.3 is 0 Å². The van der Waals surface area contributed by atoms with Gasteiger partial charge in [-0.15, -0.1) is 6.58 Å². The molecule has 92 valence electrons. The molecule has 0 bridgehead atoms. The van der Waals surface area contributed by atoms with E-state index >= 15 is 0 Å².